The summed E-state index contributed by atoms with van der Waals surface area (Å²) in [6.45, 7) is 1.49. The fourth-order valence-corrected chi connectivity index (χ4v) is 5.46. The second-order valence-electron chi connectivity index (χ2n) is 8.56. The second-order valence-corrected chi connectivity index (χ2v) is 12.6. The molecule has 0 spiro atoms. The lowest BCUT2D eigenvalue weighted by atomic mass is 10.1. The normalized spacial score (nSPS) is 15.1. The van der Waals surface area contributed by atoms with Crippen LogP contribution in [0.2, 0.25) is 0 Å². The molecule has 1 aliphatic carbocycles. The largest absolute Gasteiger partial charge is 0.352 e. The van der Waals surface area contributed by atoms with E-state index >= 15 is 0 Å². The van der Waals surface area contributed by atoms with E-state index in [1.165, 1.54) is 4.90 Å². The van der Waals surface area contributed by atoms with Crippen LogP contribution in [-0.4, -0.2) is 50.0 Å². The van der Waals surface area contributed by atoms with Crippen LogP contribution >= 0.6 is 38.5 Å². The molecule has 34 heavy (non-hydrogen) atoms. The van der Waals surface area contributed by atoms with E-state index in [9.17, 15) is 18.0 Å². The number of hydrogen-bond donors (Lipinski definition) is 1. The Hall–Kier alpha value is -1.66. The van der Waals surface area contributed by atoms with E-state index in [1.54, 1.807) is 31.2 Å². The summed E-state index contributed by atoms with van der Waals surface area (Å²) in [5.74, 6) is -0.668. The van der Waals surface area contributed by atoms with Gasteiger partial charge >= 0.3 is 0 Å². The van der Waals surface area contributed by atoms with E-state index in [1.807, 2.05) is 24.3 Å². The molecular formula is C24H29BrIN3O4S. The van der Waals surface area contributed by atoms with Crippen LogP contribution in [0, 0.1) is 3.57 Å². The fraction of sp³-hybridized carbons (Fsp3) is 0.417. The Labute approximate surface area is 223 Å². The Morgan fingerprint density at radius 3 is 2.24 bits per heavy atom. The highest BCUT2D eigenvalue weighted by molar-refractivity contribution is 14.1. The molecule has 0 unspecified atom stereocenters. The number of amides is 2. The molecule has 0 aliphatic heterocycles. The van der Waals surface area contributed by atoms with Crippen LogP contribution in [0.15, 0.2) is 53.0 Å². The molecule has 3 rings (SSSR count). The van der Waals surface area contributed by atoms with Crippen molar-refractivity contribution in [1.82, 2.24) is 10.2 Å². The van der Waals surface area contributed by atoms with Crippen molar-refractivity contribution >= 4 is 66.0 Å². The monoisotopic (exact) mass is 661 g/mol. The molecule has 1 saturated carbocycles. The standard InChI is InChI=1S/C24H29BrIN3O4S/c1-17(24(31)27-21-5-3-4-6-21)28(15-18-7-9-19(25)10-8-18)23(30)16-29(34(2,32)33)22-13-11-20(26)12-14-22/h7-14,17,21H,3-6,15-16H2,1-2H3,(H,27,31)/t17-/m0/s1. The SMILES string of the molecule is C[C@@H](C(=O)NC1CCCC1)N(Cc1ccc(Br)cc1)C(=O)CN(c1ccc(I)cc1)S(C)(=O)=O. The van der Waals surface area contributed by atoms with Gasteiger partial charge in [-0.3, -0.25) is 13.9 Å². The van der Waals surface area contributed by atoms with Gasteiger partial charge in [0.15, 0.2) is 0 Å². The zero-order chi connectivity index (χ0) is 24.9. The van der Waals surface area contributed by atoms with Crippen LogP contribution in [0.25, 0.3) is 0 Å². The highest BCUT2D eigenvalue weighted by Gasteiger charge is 2.31. The summed E-state index contributed by atoms with van der Waals surface area (Å²) in [5.41, 5.74) is 1.25. The van der Waals surface area contributed by atoms with Gasteiger partial charge in [-0.05, 0) is 84.3 Å². The number of carbonyl (C=O) groups is 2. The first-order valence-electron chi connectivity index (χ1n) is 11.1. The molecule has 1 atom stereocenters. The topological polar surface area (TPSA) is 86.8 Å². The predicted octanol–water partition coefficient (Wildman–Crippen LogP) is 4.30. The molecule has 2 aromatic rings. The van der Waals surface area contributed by atoms with Gasteiger partial charge < -0.3 is 10.2 Å². The van der Waals surface area contributed by atoms with Crippen LogP contribution in [-0.2, 0) is 26.2 Å². The van der Waals surface area contributed by atoms with Crippen LogP contribution in [0.3, 0.4) is 0 Å². The number of anilines is 1. The van der Waals surface area contributed by atoms with E-state index in [0.29, 0.717) is 5.69 Å². The first kappa shape index (κ1) is 26.9. The number of halogens is 2. The minimum Gasteiger partial charge on any atom is -0.352 e. The molecule has 184 valence electrons. The zero-order valence-corrected chi connectivity index (χ0v) is 23.8. The smallest absolute Gasteiger partial charge is 0.244 e. The van der Waals surface area contributed by atoms with Crippen molar-refractivity contribution in [3.05, 3.63) is 62.1 Å². The van der Waals surface area contributed by atoms with E-state index in [4.69, 9.17) is 0 Å². The molecule has 7 nitrogen and oxygen atoms in total. The van der Waals surface area contributed by atoms with Crippen LogP contribution in [0.4, 0.5) is 5.69 Å². The van der Waals surface area contributed by atoms with E-state index in [0.717, 1.165) is 49.9 Å². The summed E-state index contributed by atoms with van der Waals surface area (Å²) in [6, 6.07) is 13.8. The van der Waals surface area contributed by atoms with Gasteiger partial charge in [-0.1, -0.05) is 40.9 Å². The van der Waals surface area contributed by atoms with E-state index < -0.39 is 28.5 Å². The van der Waals surface area contributed by atoms with Crippen LogP contribution in [0.5, 0.6) is 0 Å². The number of rotatable bonds is 9. The molecule has 0 saturated heterocycles. The summed E-state index contributed by atoms with van der Waals surface area (Å²) in [5, 5.41) is 3.06. The van der Waals surface area contributed by atoms with Crippen molar-refractivity contribution in [2.24, 2.45) is 0 Å². The third-order valence-corrected chi connectivity index (χ3v) is 8.32. The molecule has 0 radical (unpaired) electrons. The number of nitrogens with one attached hydrogen (secondary N) is 1. The average molecular weight is 662 g/mol. The molecule has 0 heterocycles. The van der Waals surface area contributed by atoms with Crippen molar-refractivity contribution in [2.75, 3.05) is 17.1 Å². The Bertz CT molecular complexity index is 1100. The number of hydrogen-bond acceptors (Lipinski definition) is 4. The van der Waals surface area contributed by atoms with Gasteiger partial charge in [-0.15, -0.1) is 0 Å². The molecule has 0 aromatic heterocycles. The van der Waals surface area contributed by atoms with Crippen molar-refractivity contribution in [3.8, 4) is 0 Å². The highest BCUT2D eigenvalue weighted by Crippen LogP contribution is 2.22. The van der Waals surface area contributed by atoms with Crippen molar-refractivity contribution in [1.29, 1.82) is 0 Å². The van der Waals surface area contributed by atoms with Gasteiger partial charge in [0.2, 0.25) is 21.8 Å². The summed E-state index contributed by atoms with van der Waals surface area (Å²) in [7, 11) is -3.73. The van der Waals surface area contributed by atoms with Crippen molar-refractivity contribution in [2.45, 2.75) is 51.2 Å². The third-order valence-electron chi connectivity index (χ3n) is 5.93. The zero-order valence-electron chi connectivity index (χ0n) is 19.2. The fourth-order valence-electron chi connectivity index (χ4n) is 3.98. The summed E-state index contributed by atoms with van der Waals surface area (Å²) in [4.78, 5) is 28.0. The highest BCUT2D eigenvalue weighted by atomic mass is 127. The molecule has 10 heteroatoms. The van der Waals surface area contributed by atoms with Crippen LogP contribution in [0.1, 0.15) is 38.2 Å². The summed E-state index contributed by atoms with van der Waals surface area (Å²) in [6.07, 6.45) is 5.12. The minimum absolute atomic E-state index is 0.124. The lowest BCUT2D eigenvalue weighted by Crippen LogP contribution is -2.52. The van der Waals surface area contributed by atoms with E-state index in [2.05, 4.69) is 43.8 Å². The number of sulfonamides is 1. The second kappa shape index (κ2) is 11.9. The van der Waals surface area contributed by atoms with Crippen molar-refractivity contribution < 1.29 is 18.0 Å². The maximum absolute atomic E-state index is 13.5. The van der Waals surface area contributed by atoms with Gasteiger partial charge in [0.05, 0.1) is 11.9 Å². The number of benzene rings is 2. The molecule has 1 aliphatic rings. The molecule has 1 N–H and O–H groups in total. The van der Waals surface area contributed by atoms with Crippen molar-refractivity contribution in [3.63, 3.8) is 0 Å². The Morgan fingerprint density at radius 2 is 1.68 bits per heavy atom. The first-order valence-corrected chi connectivity index (χ1v) is 14.8. The third kappa shape index (κ3) is 7.42. The molecule has 1 fully saturated rings. The van der Waals surface area contributed by atoms with Crippen LogP contribution < -0.4 is 9.62 Å². The quantitative estimate of drug-likeness (QED) is 0.406. The molecule has 0 bridgehead atoms. The Kier molecular flexibility index (Phi) is 9.39. The lowest BCUT2D eigenvalue weighted by molar-refractivity contribution is -0.139. The molecule has 2 amide bonds. The number of nitrogens with zero attached hydrogens (tertiary/aromatic N) is 2. The Morgan fingerprint density at radius 1 is 1.09 bits per heavy atom. The average Bonchev–Trinajstić information content (AvgIpc) is 3.29. The van der Waals surface area contributed by atoms with E-state index in [-0.39, 0.29) is 18.5 Å². The predicted molar refractivity (Wildman–Crippen MR) is 146 cm³/mol. The number of carbonyl (C=O) groups excluding carboxylic acids is 2. The maximum atomic E-state index is 13.5. The van der Waals surface area contributed by atoms with Gasteiger partial charge in [-0.25, -0.2) is 8.42 Å². The van der Waals surface area contributed by atoms with Gasteiger partial charge in [0, 0.05) is 20.6 Å². The van der Waals surface area contributed by atoms with Gasteiger partial charge in [-0.2, -0.15) is 0 Å². The lowest BCUT2D eigenvalue weighted by Gasteiger charge is -2.32. The first-order chi connectivity index (χ1) is 16.0. The van der Waals surface area contributed by atoms with Gasteiger partial charge in [0.25, 0.3) is 0 Å². The minimum atomic E-state index is -3.73. The summed E-state index contributed by atoms with van der Waals surface area (Å²) < 4.78 is 28.1. The summed E-state index contributed by atoms with van der Waals surface area (Å²) >= 11 is 5.55. The maximum Gasteiger partial charge on any atom is 0.244 e. The molecular weight excluding hydrogens is 633 g/mol. The molecule has 2 aromatic carbocycles. The van der Waals surface area contributed by atoms with Gasteiger partial charge in [0.1, 0.15) is 12.6 Å². The Balaban J connectivity index is 1.86.